The number of carbonyl (C=O) groups excluding carboxylic acids is 1. The van der Waals surface area contributed by atoms with Gasteiger partial charge < -0.3 is 14.2 Å². The molecule has 3 heterocycles. The summed E-state index contributed by atoms with van der Waals surface area (Å²) in [5.41, 5.74) is 4.57. The monoisotopic (exact) mass is 494 g/mol. The van der Waals surface area contributed by atoms with E-state index in [9.17, 15) is 13.6 Å². The summed E-state index contributed by atoms with van der Waals surface area (Å²) in [6, 6.07) is 16.4. The molecule has 0 saturated carbocycles. The van der Waals surface area contributed by atoms with Crippen molar-refractivity contribution >= 4 is 28.7 Å². The highest BCUT2D eigenvalue weighted by Crippen LogP contribution is 2.28. The molecule has 0 spiro atoms. The standard InChI is InChI=1S/C26H24F2N4O2S/c1-17-30-21-8-6-18(19-7-9-22(29-15-19)25(33)31-10-12-35-13-11-31)14-23(21)32(17)16-20-4-2-3-5-24(20)34-26(27)28/h2-9,14-15,26H,10-13,16H2,1H3. The number of amides is 1. The number of hydrogen-bond donors (Lipinski definition) is 0. The van der Waals surface area contributed by atoms with Crippen LogP contribution in [0.15, 0.2) is 60.8 Å². The Morgan fingerprint density at radius 2 is 1.86 bits per heavy atom. The number of carbonyl (C=O) groups is 1. The van der Waals surface area contributed by atoms with E-state index in [1.807, 2.05) is 52.4 Å². The number of imidazole rings is 1. The van der Waals surface area contributed by atoms with Crippen molar-refractivity contribution < 1.29 is 18.3 Å². The van der Waals surface area contributed by atoms with Crippen LogP contribution in [0.5, 0.6) is 5.75 Å². The van der Waals surface area contributed by atoms with E-state index in [2.05, 4.69) is 9.97 Å². The zero-order valence-corrected chi connectivity index (χ0v) is 20.0. The van der Waals surface area contributed by atoms with Crippen molar-refractivity contribution in [3.8, 4) is 16.9 Å². The average molecular weight is 495 g/mol. The molecule has 1 aliphatic rings. The summed E-state index contributed by atoms with van der Waals surface area (Å²) in [4.78, 5) is 23.6. The van der Waals surface area contributed by atoms with Crippen molar-refractivity contribution in [3.63, 3.8) is 0 Å². The number of fused-ring (bicyclic) bond motifs is 1. The van der Waals surface area contributed by atoms with E-state index in [-0.39, 0.29) is 11.7 Å². The van der Waals surface area contributed by atoms with Gasteiger partial charge in [0.15, 0.2) is 0 Å². The number of alkyl halides is 2. The first kappa shape index (κ1) is 23.3. The zero-order valence-electron chi connectivity index (χ0n) is 19.2. The van der Waals surface area contributed by atoms with Crippen molar-refractivity contribution in [1.82, 2.24) is 19.4 Å². The quantitative estimate of drug-likeness (QED) is 0.367. The van der Waals surface area contributed by atoms with Gasteiger partial charge in [-0.25, -0.2) is 4.98 Å². The lowest BCUT2D eigenvalue weighted by Gasteiger charge is -2.26. The van der Waals surface area contributed by atoms with Crippen molar-refractivity contribution in [2.24, 2.45) is 0 Å². The predicted octanol–water partition coefficient (Wildman–Crippen LogP) is 5.25. The molecule has 1 fully saturated rings. The smallest absolute Gasteiger partial charge is 0.387 e. The number of para-hydroxylation sites is 1. The molecule has 0 atom stereocenters. The molecule has 0 unspecified atom stereocenters. The Balaban J connectivity index is 1.43. The molecule has 1 amide bonds. The van der Waals surface area contributed by atoms with Crippen LogP contribution in [0.2, 0.25) is 0 Å². The van der Waals surface area contributed by atoms with Crippen molar-refractivity contribution in [2.45, 2.75) is 20.1 Å². The SMILES string of the molecule is Cc1nc2ccc(-c3ccc(C(=O)N4CCSCC4)nc3)cc2n1Cc1ccccc1OC(F)F. The molecule has 1 saturated heterocycles. The molecule has 1 aliphatic heterocycles. The Morgan fingerprint density at radius 3 is 2.60 bits per heavy atom. The minimum Gasteiger partial charge on any atom is -0.434 e. The Labute approximate surface area is 205 Å². The van der Waals surface area contributed by atoms with Gasteiger partial charge in [0, 0.05) is 41.9 Å². The predicted molar refractivity (Wildman–Crippen MR) is 133 cm³/mol. The maximum absolute atomic E-state index is 12.9. The van der Waals surface area contributed by atoms with E-state index in [1.165, 1.54) is 0 Å². The topological polar surface area (TPSA) is 60.2 Å². The summed E-state index contributed by atoms with van der Waals surface area (Å²) in [7, 11) is 0. The van der Waals surface area contributed by atoms with Gasteiger partial charge in [-0.2, -0.15) is 20.5 Å². The molecule has 0 radical (unpaired) electrons. The average Bonchev–Trinajstić information content (AvgIpc) is 3.19. The van der Waals surface area contributed by atoms with Crippen LogP contribution in [0.4, 0.5) is 8.78 Å². The number of thioether (sulfide) groups is 1. The summed E-state index contributed by atoms with van der Waals surface area (Å²) in [6.45, 7) is 0.836. The molecule has 35 heavy (non-hydrogen) atoms. The molecule has 0 bridgehead atoms. The number of benzene rings is 2. The van der Waals surface area contributed by atoms with Gasteiger partial charge >= 0.3 is 6.61 Å². The number of aryl methyl sites for hydroxylation is 1. The van der Waals surface area contributed by atoms with Crippen LogP contribution in [-0.2, 0) is 6.54 Å². The van der Waals surface area contributed by atoms with Crippen molar-refractivity contribution in [1.29, 1.82) is 0 Å². The number of ether oxygens (including phenoxy) is 1. The molecule has 180 valence electrons. The minimum atomic E-state index is -2.89. The fourth-order valence-corrected chi connectivity index (χ4v) is 5.16. The van der Waals surface area contributed by atoms with E-state index < -0.39 is 6.61 Å². The molecule has 6 nitrogen and oxygen atoms in total. The van der Waals surface area contributed by atoms with Gasteiger partial charge in [0.1, 0.15) is 17.3 Å². The summed E-state index contributed by atoms with van der Waals surface area (Å²) in [5.74, 6) is 2.79. The second kappa shape index (κ2) is 10.0. The molecular weight excluding hydrogens is 470 g/mol. The third-order valence-corrected chi connectivity index (χ3v) is 7.01. The number of rotatable bonds is 6. The maximum Gasteiger partial charge on any atom is 0.387 e. The van der Waals surface area contributed by atoms with Gasteiger partial charge in [0.05, 0.1) is 17.6 Å². The summed E-state index contributed by atoms with van der Waals surface area (Å²) in [5, 5.41) is 0. The Morgan fingerprint density at radius 1 is 1.09 bits per heavy atom. The van der Waals surface area contributed by atoms with Gasteiger partial charge in [-0.3, -0.25) is 9.78 Å². The Bertz CT molecular complexity index is 1350. The van der Waals surface area contributed by atoms with Crippen LogP contribution >= 0.6 is 11.8 Å². The van der Waals surface area contributed by atoms with Crippen molar-refractivity contribution in [3.05, 3.63) is 77.9 Å². The number of hydrogen-bond acceptors (Lipinski definition) is 5. The third kappa shape index (κ3) is 5.00. The van der Waals surface area contributed by atoms with Crippen molar-refractivity contribution in [2.75, 3.05) is 24.6 Å². The zero-order chi connectivity index (χ0) is 24.4. The van der Waals surface area contributed by atoms with E-state index in [0.717, 1.165) is 52.6 Å². The first-order valence-electron chi connectivity index (χ1n) is 11.3. The molecule has 2 aromatic carbocycles. The van der Waals surface area contributed by atoms with E-state index >= 15 is 0 Å². The van der Waals surface area contributed by atoms with E-state index in [4.69, 9.17) is 4.74 Å². The summed E-state index contributed by atoms with van der Waals surface area (Å²) < 4.78 is 32.4. The lowest BCUT2D eigenvalue weighted by Crippen LogP contribution is -2.38. The highest BCUT2D eigenvalue weighted by Gasteiger charge is 2.19. The fraction of sp³-hybridized carbons (Fsp3) is 0.269. The van der Waals surface area contributed by atoms with Crippen LogP contribution in [0, 0.1) is 6.92 Å². The lowest BCUT2D eigenvalue weighted by atomic mass is 10.1. The molecular formula is C26H24F2N4O2S. The molecule has 2 aromatic heterocycles. The molecule has 0 N–H and O–H groups in total. The van der Waals surface area contributed by atoms with Gasteiger partial charge in [0.25, 0.3) is 5.91 Å². The van der Waals surface area contributed by atoms with Gasteiger partial charge in [0.2, 0.25) is 0 Å². The van der Waals surface area contributed by atoms with Crippen LogP contribution in [0.3, 0.4) is 0 Å². The highest BCUT2D eigenvalue weighted by atomic mass is 32.2. The molecule has 5 rings (SSSR count). The number of nitrogens with zero attached hydrogens (tertiary/aromatic N) is 4. The number of halogens is 2. The first-order chi connectivity index (χ1) is 17.0. The third-order valence-electron chi connectivity index (χ3n) is 6.07. The molecule has 0 aliphatic carbocycles. The second-order valence-corrected chi connectivity index (χ2v) is 9.50. The van der Waals surface area contributed by atoms with E-state index in [0.29, 0.717) is 17.8 Å². The molecule has 4 aromatic rings. The van der Waals surface area contributed by atoms with Gasteiger partial charge in [-0.1, -0.05) is 30.3 Å². The summed E-state index contributed by atoms with van der Waals surface area (Å²) in [6.07, 6.45) is 1.71. The second-order valence-electron chi connectivity index (χ2n) is 8.27. The lowest BCUT2D eigenvalue weighted by molar-refractivity contribution is -0.0504. The van der Waals surface area contributed by atoms with Gasteiger partial charge in [-0.15, -0.1) is 0 Å². The normalized spacial score (nSPS) is 14.0. The Kier molecular flexibility index (Phi) is 6.68. The molecule has 9 heteroatoms. The van der Waals surface area contributed by atoms with Crippen LogP contribution in [-0.4, -0.2) is 56.5 Å². The highest BCUT2D eigenvalue weighted by molar-refractivity contribution is 7.99. The number of aromatic nitrogens is 3. The van der Waals surface area contributed by atoms with Gasteiger partial charge in [-0.05, 0) is 36.8 Å². The minimum absolute atomic E-state index is 0.0364. The van der Waals surface area contributed by atoms with Crippen LogP contribution in [0.25, 0.3) is 22.2 Å². The fourth-order valence-electron chi connectivity index (χ4n) is 4.26. The largest absolute Gasteiger partial charge is 0.434 e. The van der Waals surface area contributed by atoms with E-state index in [1.54, 1.807) is 36.5 Å². The number of pyridine rings is 1. The first-order valence-corrected chi connectivity index (χ1v) is 12.5. The Hall–Kier alpha value is -3.46. The van der Waals surface area contributed by atoms with Crippen LogP contribution in [0.1, 0.15) is 21.9 Å². The summed E-state index contributed by atoms with van der Waals surface area (Å²) >= 11 is 1.86. The maximum atomic E-state index is 12.9. The van der Waals surface area contributed by atoms with Crippen LogP contribution < -0.4 is 4.74 Å².